The molecule has 0 aromatic heterocycles. The molecule has 0 aliphatic carbocycles. The Morgan fingerprint density at radius 3 is 2.47 bits per heavy atom. The summed E-state index contributed by atoms with van der Waals surface area (Å²) in [6.45, 7) is 0. The van der Waals surface area contributed by atoms with Crippen LogP contribution >= 0.6 is 0 Å². The quantitative estimate of drug-likeness (QED) is 0.776. The molecule has 15 heavy (non-hydrogen) atoms. The van der Waals surface area contributed by atoms with Crippen molar-refractivity contribution in [3.8, 4) is 11.5 Å². The Hall–Kier alpha value is -1.72. The van der Waals surface area contributed by atoms with Gasteiger partial charge in [0.05, 0.1) is 12.7 Å². The Bertz CT molecular complexity index is 385. The van der Waals surface area contributed by atoms with Crippen molar-refractivity contribution in [1.82, 2.24) is 0 Å². The number of hydrogen-bond donors (Lipinski definition) is 1. The fourth-order valence-electron chi connectivity index (χ4n) is 1.02. The molecule has 0 spiro atoms. The number of rotatable bonds is 2. The highest BCUT2D eigenvalue weighted by molar-refractivity contribution is 6.03. The molecule has 3 nitrogen and oxygen atoms in total. The summed E-state index contributed by atoms with van der Waals surface area (Å²) in [5, 5.41) is 9.28. The third kappa shape index (κ3) is 2.20. The first-order valence-electron chi connectivity index (χ1n) is 3.85. The molecule has 1 N–H and O–H groups in total. The third-order valence-electron chi connectivity index (χ3n) is 1.72. The first-order valence-corrected chi connectivity index (χ1v) is 3.85. The number of para-hydroxylation sites is 1. The van der Waals surface area contributed by atoms with Crippen LogP contribution in [0.15, 0.2) is 18.2 Å². The van der Waals surface area contributed by atoms with Crippen LogP contribution in [0.4, 0.5) is 13.2 Å². The topological polar surface area (TPSA) is 46.5 Å². The van der Waals surface area contributed by atoms with E-state index in [-0.39, 0.29) is 5.75 Å². The van der Waals surface area contributed by atoms with Crippen molar-refractivity contribution in [2.75, 3.05) is 7.11 Å². The molecule has 0 bridgehead atoms. The molecule has 82 valence electrons. The smallest absolute Gasteiger partial charge is 0.455 e. The number of benzene rings is 1. The van der Waals surface area contributed by atoms with Crippen LogP contribution in [0.3, 0.4) is 0 Å². The van der Waals surface area contributed by atoms with Crippen LogP contribution in [0.5, 0.6) is 11.5 Å². The van der Waals surface area contributed by atoms with E-state index in [0.29, 0.717) is 0 Å². The van der Waals surface area contributed by atoms with Crippen molar-refractivity contribution in [3.05, 3.63) is 23.8 Å². The van der Waals surface area contributed by atoms with Crippen molar-refractivity contribution < 1.29 is 27.8 Å². The molecule has 0 saturated heterocycles. The van der Waals surface area contributed by atoms with Crippen LogP contribution in [0.25, 0.3) is 0 Å². The molecule has 0 heterocycles. The van der Waals surface area contributed by atoms with Gasteiger partial charge in [-0.25, -0.2) is 0 Å². The molecule has 0 radical (unpaired) electrons. The summed E-state index contributed by atoms with van der Waals surface area (Å²) in [4.78, 5) is 10.8. The number of aromatic hydroxyl groups is 1. The first-order chi connectivity index (χ1) is 6.88. The first kappa shape index (κ1) is 11.4. The van der Waals surface area contributed by atoms with Crippen molar-refractivity contribution in [2.45, 2.75) is 6.18 Å². The number of phenolic OH excluding ortho intramolecular Hbond substituents is 1. The highest BCUT2D eigenvalue weighted by atomic mass is 19.4. The van der Waals surface area contributed by atoms with Gasteiger partial charge in [0.15, 0.2) is 11.5 Å². The van der Waals surface area contributed by atoms with Gasteiger partial charge in [0.2, 0.25) is 0 Å². The monoisotopic (exact) mass is 220 g/mol. The number of phenols is 1. The molecule has 0 fully saturated rings. The molecule has 6 heteroatoms. The van der Waals surface area contributed by atoms with Crippen LogP contribution in [-0.2, 0) is 0 Å². The van der Waals surface area contributed by atoms with Gasteiger partial charge < -0.3 is 9.84 Å². The Morgan fingerprint density at radius 1 is 1.40 bits per heavy atom. The van der Waals surface area contributed by atoms with Gasteiger partial charge in [-0.2, -0.15) is 13.2 Å². The number of halogens is 3. The fraction of sp³-hybridized carbons (Fsp3) is 0.222. The standard InChI is InChI=1S/C9H7F3O3/c1-15-6-4-2-3-5(7(6)13)8(14)9(10,11)12/h2-4,13H,1H3. The zero-order chi connectivity index (χ0) is 11.6. The molecule has 1 rings (SSSR count). The number of Topliss-reactive ketones (excluding diaryl/α,β-unsaturated/α-hetero) is 1. The van der Waals surface area contributed by atoms with E-state index in [1.807, 2.05) is 0 Å². The van der Waals surface area contributed by atoms with Crippen molar-refractivity contribution in [2.24, 2.45) is 0 Å². The van der Waals surface area contributed by atoms with Crippen molar-refractivity contribution >= 4 is 5.78 Å². The lowest BCUT2D eigenvalue weighted by molar-refractivity contribution is -0.0886. The van der Waals surface area contributed by atoms with Crippen LogP contribution in [0.2, 0.25) is 0 Å². The summed E-state index contributed by atoms with van der Waals surface area (Å²) >= 11 is 0. The number of ketones is 1. The summed E-state index contributed by atoms with van der Waals surface area (Å²) in [7, 11) is 1.18. The third-order valence-corrected chi connectivity index (χ3v) is 1.72. The van der Waals surface area contributed by atoms with E-state index in [1.54, 1.807) is 0 Å². The van der Waals surface area contributed by atoms with Crippen LogP contribution in [0, 0.1) is 0 Å². The molecule has 0 unspecified atom stereocenters. The minimum atomic E-state index is -5.01. The summed E-state index contributed by atoms with van der Waals surface area (Å²) in [6, 6.07) is 3.33. The fourth-order valence-corrected chi connectivity index (χ4v) is 1.02. The number of carbonyl (C=O) groups excluding carboxylic acids is 1. The summed E-state index contributed by atoms with van der Waals surface area (Å²) in [6.07, 6.45) is -5.01. The minimum Gasteiger partial charge on any atom is -0.504 e. The van der Waals surface area contributed by atoms with Gasteiger partial charge in [-0.15, -0.1) is 0 Å². The second-order valence-electron chi connectivity index (χ2n) is 2.68. The Balaban J connectivity index is 3.22. The molecule has 0 aliphatic heterocycles. The highest BCUT2D eigenvalue weighted by Crippen LogP contribution is 2.33. The largest absolute Gasteiger partial charge is 0.504 e. The predicted octanol–water partition coefficient (Wildman–Crippen LogP) is 2.15. The zero-order valence-electron chi connectivity index (χ0n) is 7.63. The van der Waals surface area contributed by atoms with Gasteiger partial charge >= 0.3 is 6.18 Å². The lowest BCUT2D eigenvalue weighted by atomic mass is 10.1. The molecule has 0 aliphatic rings. The van der Waals surface area contributed by atoms with Crippen molar-refractivity contribution in [1.29, 1.82) is 0 Å². The molecule has 0 saturated carbocycles. The lowest BCUT2D eigenvalue weighted by Crippen LogP contribution is -2.22. The van der Waals surface area contributed by atoms with E-state index in [1.165, 1.54) is 19.2 Å². The molecule has 0 amide bonds. The minimum absolute atomic E-state index is 0.176. The van der Waals surface area contributed by atoms with E-state index in [2.05, 4.69) is 4.74 Å². The number of carbonyl (C=O) groups is 1. The maximum Gasteiger partial charge on any atom is 0.455 e. The second-order valence-corrected chi connectivity index (χ2v) is 2.68. The van der Waals surface area contributed by atoms with Crippen LogP contribution in [-0.4, -0.2) is 24.2 Å². The number of hydrogen-bond acceptors (Lipinski definition) is 3. The molecule has 1 aromatic carbocycles. The average Bonchev–Trinajstić information content (AvgIpc) is 2.16. The highest BCUT2D eigenvalue weighted by Gasteiger charge is 2.41. The predicted molar refractivity (Wildman–Crippen MR) is 45.0 cm³/mol. The van der Waals surface area contributed by atoms with Gasteiger partial charge in [0, 0.05) is 0 Å². The van der Waals surface area contributed by atoms with Gasteiger partial charge in [0.25, 0.3) is 5.78 Å². The summed E-state index contributed by atoms with van der Waals surface area (Å²) in [5.41, 5.74) is -0.818. The van der Waals surface area contributed by atoms with E-state index in [9.17, 15) is 23.1 Å². The second kappa shape index (κ2) is 3.80. The number of methoxy groups -OCH3 is 1. The molecule has 0 atom stereocenters. The van der Waals surface area contributed by atoms with E-state index in [0.717, 1.165) is 6.07 Å². The lowest BCUT2D eigenvalue weighted by Gasteiger charge is -2.09. The number of alkyl halides is 3. The number of ether oxygens (including phenoxy) is 1. The Morgan fingerprint density at radius 2 is 2.00 bits per heavy atom. The summed E-state index contributed by atoms with van der Waals surface area (Å²) in [5.74, 6) is -3.08. The molecular weight excluding hydrogens is 213 g/mol. The molecular formula is C9H7F3O3. The van der Waals surface area contributed by atoms with Gasteiger partial charge in [-0.1, -0.05) is 6.07 Å². The van der Waals surface area contributed by atoms with E-state index in [4.69, 9.17) is 0 Å². The van der Waals surface area contributed by atoms with Crippen molar-refractivity contribution in [3.63, 3.8) is 0 Å². The molecule has 1 aromatic rings. The SMILES string of the molecule is COc1cccc(C(=O)C(F)(F)F)c1O. The Labute approximate surface area is 83.1 Å². The maximum absolute atomic E-state index is 12.0. The van der Waals surface area contributed by atoms with E-state index < -0.39 is 23.3 Å². The maximum atomic E-state index is 12.0. The normalized spacial score (nSPS) is 11.2. The Kier molecular flexibility index (Phi) is 2.88. The van der Waals surface area contributed by atoms with Crippen LogP contribution < -0.4 is 4.74 Å². The van der Waals surface area contributed by atoms with Gasteiger partial charge in [-0.05, 0) is 12.1 Å². The zero-order valence-corrected chi connectivity index (χ0v) is 7.63. The van der Waals surface area contributed by atoms with Gasteiger partial charge in [0.1, 0.15) is 0 Å². The average molecular weight is 220 g/mol. The van der Waals surface area contributed by atoms with E-state index >= 15 is 0 Å². The van der Waals surface area contributed by atoms with Crippen LogP contribution in [0.1, 0.15) is 10.4 Å². The van der Waals surface area contributed by atoms with Gasteiger partial charge in [-0.3, -0.25) is 4.79 Å². The summed E-state index contributed by atoms with van der Waals surface area (Å²) < 4.78 is 40.7.